The second-order valence-electron chi connectivity index (χ2n) is 4.99. The zero-order valence-electron chi connectivity index (χ0n) is 12.4. The molecule has 5 nitrogen and oxygen atoms in total. The van der Waals surface area contributed by atoms with Crippen LogP contribution in [0.3, 0.4) is 0 Å². The van der Waals surface area contributed by atoms with Crippen LogP contribution in [-0.4, -0.2) is 29.9 Å². The van der Waals surface area contributed by atoms with Gasteiger partial charge in [-0.1, -0.05) is 19.1 Å². The number of rotatable bonds is 7. The normalized spacial score (nSPS) is 13.6. The van der Waals surface area contributed by atoms with Crippen molar-refractivity contribution in [3.05, 3.63) is 29.8 Å². The topological polar surface area (TPSA) is 70.6 Å². The molecule has 1 aromatic carbocycles. The second-order valence-corrected chi connectivity index (χ2v) is 4.99. The molecule has 0 heterocycles. The van der Waals surface area contributed by atoms with Crippen LogP contribution in [0, 0.1) is 0 Å². The van der Waals surface area contributed by atoms with Crippen LogP contribution in [0.2, 0.25) is 0 Å². The highest BCUT2D eigenvalue weighted by Gasteiger charge is 2.22. The standard InChI is InChI=1S/C15H24N2O3/c1-4-15(3,11-18)17-14(19)16-13-8-6-12(7-9-13)10-20-5-2/h6-9,18H,4-5,10-11H2,1-3H3,(H2,16,17,19). The maximum atomic E-state index is 11.8. The van der Waals surface area contributed by atoms with Crippen molar-refractivity contribution >= 4 is 11.7 Å². The van der Waals surface area contributed by atoms with E-state index in [-0.39, 0.29) is 12.6 Å². The van der Waals surface area contributed by atoms with Crippen molar-refractivity contribution in [1.29, 1.82) is 0 Å². The van der Waals surface area contributed by atoms with Crippen LogP contribution in [0.15, 0.2) is 24.3 Å². The Balaban J connectivity index is 2.54. The summed E-state index contributed by atoms with van der Waals surface area (Å²) in [6, 6.07) is 7.17. The molecule has 0 bridgehead atoms. The van der Waals surface area contributed by atoms with Crippen LogP contribution in [-0.2, 0) is 11.3 Å². The molecule has 2 amide bonds. The third-order valence-electron chi connectivity index (χ3n) is 3.23. The molecule has 0 fully saturated rings. The number of aliphatic hydroxyl groups is 1. The molecule has 1 atom stereocenters. The molecule has 112 valence electrons. The van der Waals surface area contributed by atoms with E-state index in [2.05, 4.69) is 10.6 Å². The van der Waals surface area contributed by atoms with E-state index in [4.69, 9.17) is 4.74 Å². The molecule has 0 radical (unpaired) electrons. The van der Waals surface area contributed by atoms with Crippen molar-refractivity contribution in [3.8, 4) is 0 Å². The third-order valence-corrected chi connectivity index (χ3v) is 3.23. The molecule has 0 aliphatic carbocycles. The summed E-state index contributed by atoms with van der Waals surface area (Å²) < 4.78 is 5.31. The number of ether oxygens (including phenoxy) is 1. The number of nitrogens with one attached hydrogen (secondary N) is 2. The molecule has 3 N–H and O–H groups in total. The SMILES string of the molecule is CCOCc1ccc(NC(=O)NC(C)(CC)CO)cc1. The lowest BCUT2D eigenvalue weighted by atomic mass is 10.0. The van der Waals surface area contributed by atoms with Gasteiger partial charge in [0.25, 0.3) is 0 Å². The van der Waals surface area contributed by atoms with Crippen molar-refractivity contribution < 1.29 is 14.6 Å². The predicted octanol–water partition coefficient (Wildman–Crippen LogP) is 2.51. The first-order valence-corrected chi connectivity index (χ1v) is 6.89. The molecule has 5 heteroatoms. The molecule has 1 unspecified atom stereocenters. The van der Waals surface area contributed by atoms with E-state index >= 15 is 0 Å². The lowest BCUT2D eigenvalue weighted by molar-refractivity contribution is 0.134. The highest BCUT2D eigenvalue weighted by Crippen LogP contribution is 2.12. The van der Waals surface area contributed by atoms with Gasteiger partial charge in [0.2, 0.25) is 0 Å². The predicted molar refractivity (Wildman–Crippen MR) is 79.7 cm³/mol. The van der Waals surface area contributed by atoms with Crippen LogP contribution in [0.1, 0.15) is 32.8 Å². The first-order valence-electron chi connectivity index (χ1n) is 6.89. The Bertz CT molecular complexity index is 414. The smallest absolute Gasteiger partial charge is 0.319 e. The number of anilines is 1. The number of hydrogen-bond donors (Lipinski definition) is 3. The van der Waals surface area contributed by atoms with Gasteiger partial charge >= 0.3 is 6.03 Å². The van der Waals surface area contributed by atoms with E-state index in [1.165, 1.54) is 0 Å². The maximum Gasteiger partial charge on any atom is 0.319 e. The number of aliphatic hydroxyl groups excluding tert-OH is 1. The Labute approximate surface area is 120 Å². The Morgan fingerprint density at radius 1 is 1.30 bits per heavy atom. The first kappa shape index (κ1) is 16.5. The summed E-state index contributed by atoms with van der Waals surface area (Å²) in [4.78, 5) is 11.8. The quantitative estimate of drug-likeness (QED) is 0.718. The Kier molecular flexibility index (Phi) is 6.48. The van der Waals surface area contributed by atoms with Gasteiger partial charge in [0.05, 0.1) is 18.8 Å². The van der Waals surface area contributed by atoms with E-state index in [1.807, 2.05) is 38.1 Å². The van der Waals surface area contributed by atoms with Crippen LogP contribution in [0.25, 0.3) is 0 Å². The highest BCUT2D eigenvalue weighted by molar-refractivity contribution is 5.89. The van der Waals surface area contributed by atoms with E-state index in [0.29, 0.717) is 25.3 Å². The summed E-state index contributed by atoms with van der Waals surface area (Å²) in [5, 5.41) is 14.8. The third kappa shape index (κ3) is 5.19. The summed E-state index contributed by atoms with van der Waals surface area (Å²) in [7, 11) is 0. The second kappa shape index (κ2) is 7.87. The van der Waals surface area contributed by atoms with Crippen LogP contribution >= 0.6 is 0 Å². The number of carbonyl (C=O) groups excluding carboxylic acids is 1. The van der Waals surface area contributed by atoms with E-state index in [0.717, 1.165) is 5.56 Å². The Morgan fingerprint density at radius 2 is 1.95 bits per heavy atom. The minimum atomic E-state index is -0.598. The van der Waals surface area contributed by atoms with E-state index in [9.17, 15) is 9.90 Å². The van der Waals surface area contributed by atoms with Gasteiger partial charge in [-0.15, -0.1) is 0 Å². The number of urea groups is 1. The summed E-state index contributed by atoms with van der Waals surface area (Å²) in [6.07, 6.45) is 0.657. The summed E-state index contributed by atoms with van der Waals surface area (Å²) >= 11 is 0. The van der Waals surface area contributed by atoms with Gasteiger partial charge in [0.15, 0.2) is 0 Å². The van der Waals surface area contributed by atoms with Crippen LogP contribution < -0.4 is 10.6 Å². The molecule has 1 rings (SSSR count). The molecule has 1 aromatic rings. The van der Waals surface area contributed by atoms with Crippen LogP contribution in [0.4, 0.5) is 10.5 Å². The Hall–Kier alpha value is -1.59. The number of amides is 2. The van der Waals surface area contributed by atoms with Gasteiger partial charge in [-0.3, -0.25) is 0 Å². The number of carbonyl (C=O) groups is 1. The van der Waals surface area contributed by atoms with Crippen molar-refractivity contribution in [2.75, 3.05) is 18.5 Å². The van der Waals surface area contributed by atoms with Crippen molar-refractivity contribution in [3.63, 3.8) is 0 Å². The lowest BCUT2D eigenvalue weighted by Gasteiger charge is -2.27. The van der Waals surface area contributed by atoms with Gasteiger partial charge in [0, 0.05) is 12.3 Å². The fourth-order valence-electron chi connectivity index (χ4n) is 1.58. The fourth-order valence-corrected chi connectivity index (χ4v) is 1.58. The molecule has 0 saturated carbocycles. The van der Waals surface area contributed by atoms with E-state index < -0.39 is 5.54 Å². The number of benzene rings is 1. The van der Waals surface area contributed by atoms with Gasteiger partial charge in [-0.05, 0) is 38.0 Å². The summed E-state index contributed by atoms with van der Waals surface area (Å²) in [5.41, 5.74) is 1.17. The summed E-state index contributed by atoms with van der Waals surface area (Å²) in [5.74, 6) is 0. The van der Waals surface area contributed by atoms with Crippen molar-refractivity contribution in [2.45, 2.75) is 39.3 Å². The Morgan fingerprint density at radius 3 is 2.45 bits per heavy atom. The summed E-state index contributed by atoms with van der Waals surface area (Å²) in [6.45, 7) is 6.83. The maximum absolute atomic E-state index is 11.8. The first-order chi connectivity index (χ1) is 9.53. The zero-order chi connectivity index (χ0) is 15.0. The van der Waals surface area contributed by atoms with Gasteiger partial charge in [-0.2, -0.15) is 0 Å². The molecular weight excluding hydrogens is 256 g/mol. The molecule has 0 aromatic heterocycles. The molecule has 0 saturated heterocycles. The largest absolute Gasteiger partial charge is 0.394 e. The molecule has 0 aliphatic heterocycles. The zero-order valence-corrected chi connectivity index (χ0v) is 12.4. The fraction of sp³-hybridized carbons (Fsp3) is 0.533. The van der Waals surface area contributed by atoms with Gasteiger partial charge in [-0.25, -0.2) is 4.79 Å². The van der Waals surface area contributed by atoms with Crippen LogP contribution in [0.5, 0.6) is 0 Å². The van der Waals surface area contributed by atoms with Crippen molar-refractivity contribution in [2.24, 2.45) is 0 Å². The minimum Gasteiger partial charge on any atom is -0.394 e. The highest BCUT2D eigenvalue weighted by atomic mass is 16.5. The lowest BCUT2D eigenvalue weighted by Crippen LogP contribution is -2.50. The van der Waals surface area contributed by atoms with E-state index in [1.54, 1.807) is 6.92 Å². The molecule has 0 aliphatic rings. The molecule has 20 heavy (non-hydrogen) atoms. The van der Waals surface area contributed by atoms with Gasteiger partial charge in [0.1, 0.15) is 0 Å². The molecule has 0 spiro atoms. The minimum absolute atomic E-state index is 0.0930. The molecular formula is C15H24N2O3. The van der Waals surface area contributed by atoms with Gasteiger partial charge < -0.3 is 20.5 Å². The number of hydrogen-bond acceptors (Lipinski definition) is 3. The monoisotopic (exact) mass is 280 g/mol. The van der Waals surface area contributed by atoms with Crippen molar-refractivity contribution in [1.82, 2.24) is 5.32 Å². The average molecular weight is 280 g/mol. The average Bonchev–Trinajstić information content (AvgIpc) is 2.46.